The number of rotatable bonds is 52. The lowest BCUT2D eigenvalue weighted by molar-refractivity contribution is -0.870. The van der Waals surface area contributed by atoms with Crippen LogP contribution in [0.2, 0.25) is 0 Å². The molecule has 0 radical (unpaired) electrons. The molecule has 0 bridgehead atoms. The Bertz CT molecular complexity index is 1690. The summed E-state index contributed by atoms with van der Waals surface area (Å²) in [4.78, 5) is 37.2. The number of carboxylic acid groups (broad SMARTS) is 1. The molecule has 0 N–H and O–H groups in total. The number of hydrogen-bond donors (Lipinski definition) is 0. The van der Waals surface area contributed by atoms with Crippen molar-refractivity contribution >= 4 is 17.9 Å². The number of esters is 2. The van der Waals surface area contributed by atoms with Crippen LogP contribution in [0.1, 0.15) is 206 Å². The van der Waals surface area contributed by atoms with E-state index in [-0.39, 0.29) is 38.6 Å². The Morgan fingerprint density at radius 3 is 1.15 bits per heavy atom. The Labute approximate surface area is 459 Å². The van der Waals surface area contributed by atoms with Gasteiger partial charge in [0.25, 0.3) is 0 Å². The number of carboxylic acids is 1. The topological polar surface area (TPSA) is 111 Å². The molecule has 0 aliphatic heterocycles. The van der Waals surface area contributed by atoms with Gasteiger partial charge in [-0.25, -0.2) is 0 Å². The van der Waals surface area contributed by atoms with E-state index in [2.05, 4.69) is 148 Å². The van der Waals surface area contributed by atoms with Gasteiger partial charge in [0.15, 0.2) is 12.4 Å². The Kier molecular flexibility index (Phi) is 52.3. The lowest BCUT2D eigenvalue weighted by Crippen LogP contribution is -2.44. The smallest absolute Gasteiger partial charge is 0.306 e. The molecule has 0 aliphatic rings. The zero-order chi connectivity index (χ0) is 54.8. The fourth-order valence-corrected chi connectivity index (χ4v) is 7.38. The molecule has 9 nitrogen and oxygen atoms in total. The van der Waals surface area contributed by atoms with Crippen LogP contribution >= 0.6 is 0 Å². The highest BCUT2D eigenvalue weighted by Gasteiger charge is 2.22. The molecule has 0 heterocycles. The molecule has 0 aromatic heterocycles. The van der Waals surface area contributed by atoms with Crippen LogP contribution < -0.4 is 5.11 Å². The number of allylic oxidation sites excluding steroid dienone is 22. The lowest BCUT2D eigenvalue weighted by Gasteiger charge is -2.26. The second kappa shape index (κ2) is 55.7. The van der Waals surface area contributed by atoms with E-state index in [0.717, 1.165) is 128 Å². The Morgan fingerprint density at radius 2 is 0.760 bits per heavy atom. The SMILES string of the molecule is CC/C=C\C/C=C\C/C=C\C/C=C\C/C=C\C/C=C\C/C=C\C/C=C\C/C=C\C/C=C\CCCCCCC(=O)OC(COC(=O)CCCCCCC/C=C\CCCCCCCC)COC(OCC[N+](C)(C)C)C(=O)[O-]. The quantitative estimate of drug-likeness (QED) is 0.0195. The fourth-order valence-electron chi connectivity index (χ4n) is 7.38. The Balaban J connectivity index is 4.31. The summed E-state index contributed by atoms with van der Waals surface area (Å²) in [6.07, 6.45) is 76.4. The van der Waals surface area contributed by atoms with Crippen molar-refractivity contribution in [1.82, 2.24) is 0 Å². The third-order valence-corrected chi connectivity index (χ3v) is 11.9. The van der Waals surface area contributed by atoms with Crippen molar-refractivity contribution in [3.05, 3.63) is 134 Å². The summed E-state index contributed by atoms with van der Waals surface area (Å²) >= 11 is 0. The normalized spacial score (nSPS) is 13.8. The molecule has 0 aromatic rings. The average molecular weight is 1040 g/mol. The number of aliphatic carboxylic acids is 1. The van der Waals surface area contributed by atoms with E-state index in [9.17, 15) is 19.5 Å². The average Bonchev–Trinajstić information content (AvgIpc) is 3.38. The predicted octanol–water partition coefficient (Wildman–Crippen LogP) is 16.1. The number of carbonyl (C=O) groups excluding carboxylic acids is 3. The highest BCUT2D eigenvalue weighted by molar-refractivity contribution is 5.70. The van der Waals surface area contributed by atoms with Crippen molar-refractivity contribution in [2.75, 3.05) is 47.5 Å². The summed E-state index contributed by atoms with van der Waals surface area (Å²) in [5, 5.41) is 11.8. The monoisotopic (exact) mass is 1040 g/mol. The van der Waals surface area contributed by atoms with Gasteiger partial charge in [0.2, 0.25) is 0 Å². The van der Waals surface area contributed by atoms with Gasteiger partial charge in [-0.3, -0.25) is 9.59 Å². The van der Waals surface area contributed by atoms with E-state index in [0.29, 0.717) is 17.4 Å². The largest absolute Gasteiger partial charge is 0.545 e. The summed E-state index contributed by atoms with van der Waals surface area (Å²) in [6.45, 7) is 4.56. The van der Waals surface area contributed by atoms with Crippen molar-refractivity contribution in [3.63, 3.8) is 0 Å². The van der Waals surface area contributed by atoms with Gasteiger partial charge in [-0.1, -0.05) is 212 Å². The highest BCUT2D eigenvalue weighted by Crippen LogP contribution is 2.13. The second-order valence-corrected chi connectivity index (χ2v) is 20.2. The summed E-state index contributed by atoms with van der Waals surface area (Å²) in [5.74, 6) is -2.34. The molecule has 0 rings (SSSR count). The zero-order valence-electron chi connectivity index (χ0n) is 48.1. The van der Waals surface area contributed by atoms with Gasteiger partial charge in [0, 0.05) is 12.8 Å². The minimum absolute atomic E-state index is 0.134. The number of nitrogens with zero attached hydrogens (tertiary/aromatic N) is 1. The molecule has 0 spiro atoms. The highest BCUT2D eigenvalue weighted by atomic mass is 16.7. The van der Waals surface area contributed by atoms with Gasteiger partial charge in [-0.05, 0) is 116 Å². The number of hydrogen-bond acceptors (Lipinski definition) is 8. The molecule has 75 heavy (non-hydrogen) atoms. The molecule has 0 saturated carbocycles. The van der Waals surface area contributed by atoms with Crippen LogP contribution in [0.3, 0.4) is 0 Å². The van der Waals surface area contributed by atoms with Crippen LogP contribution in [-0.4, -0.2) is 82.3 Å². The van der Waals surface area contributed by atoms with E-state index >= 15 is 0 Å². The number of carbonyl (C=O) groups is 3. The van der Waals surface area contributed by atoms with Gasteiger partial charge >= 0.3 is 11.9 Å². The molecule has 9 heteroatoms. The van der Waals surface area contributed by atoms with Crippen LogP contribution in [0.5, 0.6) is 0 Å². The van der Waals surface area contributed by atoms with Gasteiger partial charge in [-0.2, -0.15) is 0 Å². The third-order valence-electron chi connectivity index (χ3n) is 11.9. The van der Waals surface area contributed by atoms with E-state index in [4.69, 9.17) is 18.9 Å². The van der Waals surface area contributed by atoms with Crippen molar-refractivity contribution < 1.29 is 42.9 Å². The second-order valence-electron chi connectivity index (χ2n) is 20.2. The first-order chi connectivity index (χ1) is 36.6. The van der Waals surface area contributed by atoms with Crippen LogP contribution in [0.4, 0.5) is 0 Å². The summed E-state index contributed by atoms with van der Waals surface area (Å²) < 4.78 is 22.6. The maximum atomic E-state index is 12.8. The van der Waals surface area contributed by atoms with E-state index in [1.165, 1.54) is 44.9 Å². The number of likely N-dealkylation sites (N-methyl/N-ethyl adjacent to an activating group) is 1. The van der Waals surface area contributed by atoms with Crippen LogP contribution in [0.15, 0.2) is 134 Å². The molecular weight excluding hydrogens is 935 g/mol. The summed E-state index contributed by atoms with van der Waals surface area (Å²) in [6, 6.07) is 0. The van der Waals surface area contributed by atoms with Crippen LogP contribution in [0.25, 0.3) is 0 Å². The van der Waals surface area contributed by atoms with Crippen molar-refractivity contribution in [2.24, 2.45) is 0 Å². The van der Waals surface area contributed by atoms with Gasteiger partial charge in [-0.15, -0.1) is 0 Å². The summed E-state index contributed by atoms with van der Waals surface area (Å²) in [7, 11) is 5.90. The number of quaternary nitrogens is 1. The van der Waals surface area contributed by atoms with Crippen LogP contribution in [-0.2, 0) is 33.3 Å². The van der Waals surface area contributed by atoms with Crippen molar-refractivity contribution in [3.8, 4) is 0 Å². The fraction of sp³-hybridized carbons (Fsp3) is 0.621. The van der Waals surface area contributed by atoms with E-state index in [1.54, 1.807) is 0 Å². The number of ether oxygens (including phenoxy) is 4. The molecule has 0 amide bonds. The van der Waals surface area contributed by atoms with Crippen molar-refractivity contribution in [2.45, 2.75) is 219 Å². The molecule has 0 fully saturated rings. The minimum Gasteiger partial charge on any atom is -0.545 e. The van der Waals surface area contributed by atoms with Gasteiger partial charge in [0.05, 0.1) is 40.3 Å². The van der Waals surface area contributed by atoms with Gasteiger partial charge < -0.3 is 33.3 Å². The molecule has 2 unspecified atom stereocenters. The molecular formula is C66H107NO8. The lowest BCUT2D eigenvalue weighted by atomic mass is 10.1. The molecule has 424 valence electrons. The maximum absolute atomic E-state index is 12.8. The number of unbranched alkanes of at least 4 members (excludes halogenated alkanes) is 15. The van der Waals surface area contributed by atoms with E-state index in [1.807, 2.05) is 21.1 Å². The van der Waals surface area contributed by atoms with Crippen molar-refractivity contribution in [1.29, 1.82) is 0 Å². The maximum Gasteiger partial charge on any atom is 0.306 e. The van der Waals surface area contributed by atoms with E-state index < -0.39 is 24.3 Å². The minimum atomic E-state index is -1.64. The van der Waals surface area contributed by atoms with Crippen LogP contribution in [0, 0.1) is 0 Å². The third kappa shape index (κ3) is 57.0. The standard InChI is InChI=1S/C66H107NO8/c1-6-8-10-12-14-16-18-20-22-23-24-25-26-27-28-29-30-31-32-33-34-35-36-37-38-39-40-41-43-45-47-49-51-53-55-57-64(69)75-62(61-74-66(65(70)71)72-59-58-67(3,4)5)60-73-63(68)56-54-52-50-48-46-44-42-21-19-17-15-13-11-9-7-2/h8,10,14,16,20-22,24-25,27-28,30-31,33-34,36-37,39-40,42-43,45,62,66H,6-7,9,11-13,15,17-19,23,26,29,32,35,38,41,44,46-61H2,1-5H3/b10-8-,16-14-,22-20-,25-24-,28-27-,31-30-,34-33-,37-36-,40-39-,42-21-,45-43-. The predicted molar refractivity (Wildman–Crippen MR) is 315 cm³/mol. The Hall–Kier alpha value is -4.57. The summed E-state index contributed by atoms with van der Waals surface area (Å²) in [5.41, 5.74) is 0. The van der Waals surface area contributed by atoms with Gasteiger partial charge in [0.1, 0.15) is 13.2 Å². The first-order valence-corrected chi connectivity index (χ1v) is 29.3. The molecule has 0 aliphatic carbocycles. The Morgan fingerprint density at radius 1 is 0.413 bits per heavy atom. The molecule has 0 saturated heterocycles. The molecule has 0 aromatic carbocycles. The zero-order valence-corrected chi connectivity index (χ0v) is 48.1. The first kappa shape index (κ1) is 70.4. The first-order valence-electron chi connectivity index (χ1n) is 29.3. The molecule has 2 atom stereocenters.